The quantitative estimate of drug-likeness (QED) is 0.904. The number of halogens is 1. The van der Waals surface area contributed by atoms with Gasteiger partial charge >= 0.3 is 0 Å². The molecule has 0 saturated carbocycles. The lowest BCUT2D eigenvalue weighted by atomic mass is 10.1. The Kier molecular flexibility index (Phi) is 5.03. The minimum Gasteiger partial charge on any atom is -0.384 e. The van der Waals surface area contributed by atoms with Gasteiger partial charge in [0.1, 0.15) is 0 Å². The van der Waals surface area contributed by atoms with Gasteiger partial charge in [0.15, 0.2) is 0 Å². The van der Waals surface area contributed by atoms with E-state index in [-0.39, 0.29) is 0 Å². The van der Waals surface area contributed by atoms with E-state index in [0.717, 1.165) is 26.2 Å². The predicted molar refractivity (Wildman–Crippen MR) is 79.1 cm³/mol. The molecule has 1 aromatic carbocycles. The SMILES string of the molecule is CNCc1ccc(N2CCC(COC)C2)cc1Br. The number of nitrogens with one attached hydrogen (secondary N) is 1. The maximum Gasteiger partial charge on any atom is 0.0508 e. The zero-order valence-electron chi connectivity index (χ0n) is 11.1. The van der Waals surface area contributed by atoms with Crippen molar-refractivity contribution in [2.75, 3.05) is 38.8 Å². The van der Waals surface area contributed by atoms with Gasteiger partial charge in [-0.05, 0) is 31.2 Å². The van der Waals surface area contributed by atoms with Crippen molar-refractivity contribution < 1.29 is 4.74 Å². The maximum absolute atomic E-state index is 5.24. The summed E-state index contributed by atoms with van der Waals surface area (Å²) in [5.74, 6) is 0.672. The van der Waals surface area contributed by atoms with Crippen LogP contribution in [0.5, 0.6) is 0 Å². The molecule has 0 aromatic heterocycles. The summed E-state index contributed by atoms with van der Waals surface area (Å²) in [7, 11) is 3.75. The van der Waals surface area contributed by atoms with Gasteiger partial charge in [-0.25, -0.2) is 0 Å². The molecule has 0 spiro atoms. The monoisotopic (exact) mass is 312 g/mol. The summed E-state index contributed by atoms with van der Waals surface area (Å²) < 4.78 is 6.43. The maximum atomic E-state index is 5.24. The lowest BCUT2D eigenvalue weighted by Crippen LogP contribution is -2.21. The van der Waals surface area contributed by atoms with E-state index in [9.17, 15) is 0 Å². The fourth-order valence-electron chi connectivity index (χ4n) is 2.51. The van der Waals surface area contributed by atoms with E-state index in [2.05, 4.69) is 44.3 Å². The molecule has 3 nitrogen and oxygen atoms in total. The molecule has 1 N–H and O–H groups in total. The molecule has 0 radical (unpaired) electrons. The van der Waals surface area contributed by atoms with Crippen LogP contribution in [0, 0.1) is 5.92 Å². The average molecular weight is 313 g/mol. The summed E-state index contributed by atoms with van der Waals surface area (Å²) in [6.45, 7) is 4.00. The summed E-state index contributed by atoms with van der Waals surface area (Å²) in [6.07, 6.45) is 1.23. The summed E-state index contributed by atoms with van der Waals surface area (Å²) >= 11 is 3.65. The number of nitrogens with zero attached hydrogens (tertiary/aromatic N) is 1. The molecule has 2 rings (SSSR count). The van der Waals surface area contributed by atoms with Crippen LogP contribution in [0.2, 0.25) is 0 Å². The first-order chi connectivity index (χ1) is 8.74. The summed E-state index contributed by atoms with van der Waals surface area (Å²) in [5.41, 5.74) is 2.61. The highest BCUT2D eigenvalue weighted by Gasteiger charge is 2.22. The van der Waals surface area contributed by atoms with Crippen molar-refractivity contribution in [3.05, 3.63) is 28.2 Å². The molecular weight excluding hydrogens is 292 g/mol. The molecule has 1 aliphatic rings. The van der Waals surface area contributed by atoms with E-state index in [1.807, 2.05) is 7.05 Å². The third kappa shape index (κ3) is 3.25. The van der Waals surface area contributed by atoms with Crippen LogP contribution in [0.4, 0.5) is 5.69 Å². The highest BCUT2D eigenvalue weighted by Crippen LogP contribution is 2.28. The summed E-state index contributed by atoms with van der Waals surface area (Å²) in [5, 5.41) is 3.18. The van der Waals surface area contributed by atoms with Crippen LogP contribution in [0.15, 0.2) is 22.7 Å². The van der Waals surface area contributed by atoms with Crippen molar-refractivity contribution in [1.29, 1.82) is 0 Å². The van der Waals surface area contributed by atoms with Gasteiger partial charge in [-0.15, -0.1) is 0 Å². The minimum atomic E-state index is 0.672. The van der Waals surface area contributed by atoms with E-state index in [0.29, 0.717) is 5.92 Å². The molecule has 1 aromatic rings. The molecule has 1 saturated heterocycles. The zero-order valence-corrected chi connectivity index (χ0v) is 12.7. The largest absolute Gasteiger partial charge is 0.384 e. The fraction of sp³-hybridized carbons (Fsp3) is 0.571. The molecular formula is C14H21BrN2O. The highest BCUT2D eigenvalue weighted by atomic mass is 79.9. The van der Waals surface area contributed by atoms with Crippen LogP contribution in [-0.2, 0) is 11.3 Å². The Balaban J connectivity index is 2.04. The molecule has 0 amide bonds. The number of methoxy groups -OCH3 is 1. The molecule has 1 heterocycles. The summed E-state index contributed by atoms with van der Waals surface area (Å²) in [4.78, 5) is 2.44. The molecule has 0 bridgehead atoms. The third-order valence-corrected chi connectivity index (χ3v) is 4.20. The Morgan fingerprint density at radius 3 is 3.00 bits per heavy atom. The Morgan fingerprint density at radius 1 is 1.50 bits per heavy atom. The molecule has 1 fully saturated rings. The molecule has 4 heteroatoms. The Morgan fingerprint density at radius 2 is 2.33 bits per heavy atom. The van der Waals surface area contributed by atoms with Gasteiger partial charge in [-0.3, -0.25) is 0 Å². The number of hydrogen-bond donors (Lipinski definition) is 1. The van der Waals surface area contributed by atoms with Crippen LogP contribution in [0.3, 0.4) is 0 Å². The van der Waals surface area contributed by atoms with E-state index < -0.39 is 0 Å². The standard InChI is InChI=1S/C14H21BrN2O/c1-16-8-12-3-4-13(7-14(12)15)17-6-5-11(9-17)10-18-2/h3-4,7,11,16H,5-6,8-10H2,1-2H3. The number of rotatable bonds is 5. The normalized spacial score (nSPS) is 19.5. The van der Waals surface area contributed by atoms with Crippen molar-refractivity contribution in [3.8, 4) is 0 Å². The second kappa shape index (κ2) is 6.55. The molecule has 1 unspecified atom stereocenters. The molecule has 100 valence electrons. The number of benzene rings is 1. The van der Waals surface area contributed by atoms with E-state index >= 15 is 0 Å². The van der Waals surface area contributed by atoms with Crippen LogP contribution in [-0.4, -0.2) is 33.9 Å². The number of ether oxygens (including phenoxy) is 1. The Bertz CT molecular complexity index is 397. The molecule has 0 aliphatic carbocycles. The fourth-order valence-corrected chi connectivity index (χ4v) is 3.01. The van der Waals surface area contributed by atoms with Gasteiger partial charge in [0.25, 0.3) is 0 Å². The second-order valence-electron chi connectivity index (χ2n) is 4.86. The van der Waals surface area contributed by atoms with Crippen molar-refractivity contribution in [2.45, 2.75) is 13.0 Å². The van der Waals surface area contributed by atoms with Gasteiger partial charge in [0.2, 0.25) is 0 Å². The van der Waals surface area contributed by atoms with Crippen LogP contribution in [0.1, 0.15) is 12.0 Å². The van der Waals surface area contributed by atoms with Gasteiger partial charge < -0.3 is 15.0 Å². The van der Waals surface area contributed by atoms with Crippen LogP contribution < -0.4 is 10.2 Å². The first-order valence-electron chi connectivity index (χ1n) is 6.41. The first kappa shape index (κ1) is 13.8. The highest BCUT2D eigenvalue weighted by molar-refractivity contribution is 9.10. The van der Waals surface area contributed by atoms with Crippen molar-refractivity contribution >= 4 is 21.6 Å². The van der Waals surface area contributed by atoms with Crippen molar-refractivity contribution in [3.63, 3.8) is 0 Å². The van der Waals surface area contributed by atoms with Crippen LogP contribution >= 0.6 is 15.9 Å². The number of hydrogen-bond acceptors (Lipinski definition) is 3. The molecule has 1 atom stereocenters. The van der Waals surface area contributed by atoms with Crippen molar-refractivity contribution in [1.82, 2.24) is 5.32 Å². The van der Waals surface area contributed by atoms with E-state index in [1.165, 1.54) is 22.1 Å². The van der Waals surface area contributed by atoms with E-state index in [1.54, 1.807) is 7.11 Å². The third-order valence-electron chi connectivity index (χ3n) is 3.46. The molecule has 1 aliphatic heterocycles. The predicted octanol–water partition coefficient (Wildman–Crippen LogP) is 2.64. The van der Waals surface area contributed by atoms with Gasteiger partial charge in [-0.1, -0.05) is 22.0 Å². The van der Waals surface area contributed by atoms with Gasteiger partial charge in [-0.2, -0.15) is 0 Å². The van der Waals surface area contributed by atoms with Gasteiger partial charge in [0.05, 0.1) is 6.61 Å². The Hall–Kier alpha value is -0.580. The van der Waals surface area contributed by atoms with Gasteiger partial charge in [0, 0.05) is 42.8 Å². The van der Waals surface area contributed by atoms with Crippen molar-refractivity contribution in [2.24, 2.45) is 5.92 Å². The van der Waals surface area contributed by atoms with Crippen LogP contribution in [0.25, 0.3) is 0 Å². The zero-order chi connectivity index (χ0) is 13.0. The van der Waals surface area contributed by atoms with E-state index in [4.69, 9.17) is 4.74 Å². The smallest absolute Gasteiger partial charge is 0.0508 e. The first-order valence-corrected chi connectivity index (χ1v) is 7.20. The average Bonchev–Trinajstić information content (AvgIpc) is 2.81. The minimum absolute atomic E-state index is 0.672. The number of anilines is 1. The lowest BCUT2D eigenvalue weighted by Gasteiger charge is -2.20. The Labute approximate surface area is 118 Å². The second-order valence-corrected chi connectivity index (χ2v) is 5.72. The molecule has 18 heavy (non-hydrogen) atoms. The lowest BCUT2D eigenvalue weighted by molar-refractivity contribution is 0.161. The topological polar surface area (TPSA) is 24.5 Å². The summed E-state index contributed by atoms with van der Waals surface area (Å²) in [6, 6.07) is 6.63.